The van der Waals surface area contributed by atoms with Crippen LogP contribution in [0.2, 0.25) is 0 Å². The lowest BCUT2D eigenvalue weighted by Gasteiger charge is -2.37. The monoisotopic (exact) mass is 276 g/mol. The highest BCUT2D eigenvalue weighted by molar-refractivity contribution is 5.04. The maximum Gasteiger partial charge on any atom is 0.209 e. The summed E-state index contributed by atoms with van der Waals surface area (Å²) in [5, 5.41) is 6.90. The van der Waals surface area contributed by atoms with Gasteiger partial charge >= 0.3 is 0 Å². The first-order valence-electron chi connectivity index (χ1n) is 8.55. The molecular formula is C17H28N2O. The minimum atomic E-state index is 0.763. The van der Waals surface area contributed by atoms with Crippen molar-refractivity contribution in [2.75, 3.05) is 6.61 Å². The minimum Gasteiger partial charge on any atom is -0.478 e. The van der Waals surface area contributed by atoms with Gasteiger partial charge in [-0.05, 0) is 17.8 Å². The Kier molecular flexibility index (Phi) is 4.99. The van der Waals surface area contributed by atoms with Crippen molar-refractivity contribution in [3.8, 4) is 5.88 Å². The van der Waals surface area contributed by atoms with Crippen LogP contribution >= 0.6 is 0 Å². The van der Waals surface area contributed by atoms with Gasteiger partial charge < -0.3 is 4.74 Å². The van der Waals surface area contributed by atoms with E-state index in [1.807, 2.05) is 6.07 Å². The summed E-state index contributed by atoms with van der Waals surface area (Å²) in [5.41, 5.74) is 0. The van der Waals surface area contributed by atoms with E-state index in [4.69, 9.17) is 4.74 Å². The molecule has 0 atom stereocenters. The Labute approximate surface area is 122 Å². The van der Waals surface area contributed by atoms with Crippen LogP contribution in [0.4, 0.5) is 0 Å². The second-order valence-corrected chi connectivity index (χ2v) is 6.69. The number of H-pyrrole nitrogens is 1. The van der Waals surface area contributed by atoms with Gasteiger partial charge in [0, 0.05) is 6.07 Å². The van der Waals surface area contributed by atoms with Crippen LogP contribution in [0.5, 0.6) is 5.88 Å². The molecule has 0 bridgehead atoms. The standard InChI is InChI=1S/C17H28N2O/c1-3-7-14(8-4-1)16(15-9-5-2-6-10-15)13-20-17-11-12-18-19-17/h11-12,14-16H,1-10,13H2,(H,18,19). The number of aromatic amines is 1. The van der Waals surface area contributed by atoms with E-state index in [2.05, 4.69) is 10.2 Å². The third-order valence-corrected chi connectivity index (χ3v) is 5.42. The van der Waals surface area contributed by atoms with E-state index in [1.54, 1.807) is 6.20 Å². The fraction of sp³-hybridized carbons (Fsp3) is 0.824. The molecule has 1 N–H and O–H groups in total. The first-order chi connectivity index (χ1) is 9.93. The second-order valence-electron chi connectivity index (χ2n) is 6.69. The molecule has 0 amide bonds. The molecule has 2 aliphatic rings. The number of rotatable bonds is 5. The van der Waals surface area contributed by atoms with E-state index >= 15 is 0 Å². The molecule has 0 unspecified atom stereocenters. The summed E-state index contributed by atoms with van der Waals surface area (Å²) in [6.45, 7) is 0.886. The van der Waals surface area contributed by atoms with Crippen LogP contribution in [-0.4, -0.2) is 16.8 Å². The average Bonchev–Trinajstić information content (AvgIpc) is 3.03. The zero-order chi connectivity index (χ0) is 13.6. The van der Waals surface area contributed by atoms with Crippen molar-refractivity contribution >= 4 is 0 Å². The van der Waals surface area contributed by atoms with Gasteiger partial charge in [-0.2, -0.15) is 5.10 Å². The predicted octanol–water partition coefficient (Wildman–Crippen LogP) is 4.57. The van der Waals surface area contributed by atoms with Gasteiger partial charge in [-0.3, -0.25) is 0 Å². The van der Waals surface area contributed by atoms with Crippen molar-refractivity contribution in [3.63, 3.8) is 0 Å². The smallest absolute Gasteiger partial charge is 0.209 e. The Morgan fingerprint density at radius 2 is 1.60 bits per heavy atom. The number of nitrogens with one attached hydrogen (secondary N) is 1. The predicted molar refractivity (Wildman–Crippen MR) is 80.7 cm³/mol. The molecular weight excluding hydrogens is 248 g/mol. The number of ether oxygens (including phenoxy) is 1. The third-order valence-electron chi connectivity index (χ3n) is 5.42. The molecule has 0 spiro atoms. The van der Waals surface area contributed by atoms with Crippen LogP contribution in [-0.2, 0) is 0 Å². The van der Waals surface area contributed by atoms with Crippen LogP contribution in [0.15, 0.2) is 12.3 Å². The number of nitrogens with zero attached hydrogens (tertiary/aromatic N) is 1. The summed E-state index contributed by atoms with van der Waals surface area (Å²) in [6, 6.07) is 1.93. The molecule has 0 saturated heterocycles. The molecule has 1 heterocycles. The second kappa shape index (κ2) is 7.14. The first kappa shape index (κ1) is 14.0. The van der Waals surface area contributed by atoms with E-state index in [1.165, 1.54) is 64.2 Å². The highest BCUT2D eigenvalue weighted by Gasteiger charge is 2.32. The Hall–Kier alpha value is -0.990. The van der Waals surface area contributed by atoms with Gasteiger partial charge in [-0.25, -0.2) is 5.10 Å². The lowest BCUT2D eigenvalue weighted by atomic mass is 9.70. The van der Waals surface area contributed by atoms with Crippen molar-refractivity contribution < 1.29 is 4.74 Å². The highest BCUT2D eigenvalue weighted by atomic mass is 16.5. The molecule has 20 heavy (non-hydrogen) atoms. The van der Waals surface area contributed by atoms with E-state index in [0.29, 0.717) is 0 Å². The van der Waals surface area contributed by atoms with E-state index in [0.717, 1.165) is 30.2 Å². The first-order valence-corrected chi connectivity index (χ1v) is 8.55. The zero-order valence-electron chi connectivity index (χ0n) is 12.5. The normalized spacial score (nSPS) is 22.2. The number of hydrogen-bond donors (Lipinski definition) is 1. The molecule has 2 saturated carbocycles. The van der Waals surface area contributed by atoms with Gasteiger partial charge in [0.2, 0.25) is 5.88 Å². The Bertz CT molecular complexity index is 346. The van der Waals surface area contributed by atoms with Gasteiger partial charge in [-0.1, -0.05) is 64.2 Å². The van der Waals surface area contributed by atoms with Gasteiger partial charge in [0.05, 0.1) is 12.8 Å². The van der Waals surface area contributed by atoms with Gasteiger partial charge in [0.25, 0.3) is 0 Å². The fourth-order valence-corrected chi connectivity index (χ4v) is 4.29. The summed E-state index contributed by atoms with van der Waals surface area (Å²) in [5.74, 6) is 3.39. The SMILES string of the molecule is c1cc(OCC(C2CCCCC2)C2CCCCC2)[nH]n1. The molecule has 2 fully saturated rings. The number of aromatic nitrogens is 2. The van der Waals surface area contributed by atoms with Crippen molar-refractivity contribution in [2.24, 2.45) is 17.8 Å². The Morgan fingerprint density at radius 3 is 2.10 bits per heavy atom. The van der Waals surface area contributed by atoms with Crippen molar-refractivity contribution in [2.45, 2.75) is 64.2 Å². The van der Waals surface area contributed by atoms with Gasteiger partial charge in [0.1, 0.15) is 0 Å². The topological polar surface area (TPSA) is 37.9 Å². The summed E-state index contributed by atoms with van der Waals surface area (Å²) < 4.78 is 6.00. The molecule has 0 radical (unpaired) electrons. The maximum absolute atomic E-state index is 6.00. The Balaban J connectivity index is 1.61. The van der Waals surface area contributed by atoms with Crippen LogP contribution in [0.1, 0.15) is 64.2 Å². The minimum absolute atomic E-state index is 0.763. The fourth-order valence-electron chi connectivity index (χ4n) is 4.29. The third kappa shape index (κ3) is 3.56. The molecule has 1 aromatic rings. The molecule has 3 heteroatoms. The number of hydrogen-bond acceptors (Lipinski definition) is 2. The molecule has 3 nitrogen and oxygen atoms in total. The highest BCUT2D eigenvalue weighted by Crippen LogP contribution is 2.40. The van der Waals surface area contributed by atoms with E-state index in [9.17, 15) is 0 Å². The molecule has 2 aliphatic carbocycles. The van der Waals surface area contributed by atoms with Crippen molar-refractivity contribution in [3.05, 3.63) is 12.3 Å². The zero-order valence-corrected chi connectivity index (χ0v) is 12.5. The maximum atomic E-state index is 6.00. The van der Waals surface area contributed by atoms with Crippen LogP contribution in [0.3, 0.4) is 0 Å². The molecule has 112 valence electrons. The molecule has 0 aromatic carbocycles. The molecule has 1 aromatic heterocycles. The Morgan fingerprint density at radius 1 is 1.00 bits per heavy atom. The van der Waals surface area contributed by atoms with Crippen molar-refractivity contribution in [1.82, 2.24) is 10.2 Å². The quantitative estimate of drug-likeness (QED) is 0.855. The van der Waals surface area contributed by atoms with Crippen LogP contribution < -0.4 is 4.74 Å². The lowest BCUT2D eigenvalue weighted by molar-refractivity contribution is 0.0871. The largest absolute Gasteiger partial charge is 0.478 e. The van der Waals surface area contributed by atoms with E-state index in [-0.39, 0.29) is 0 Å². The van der Waals surface area contributed by atoms with E-state index < -0.39 is 0 Å². The van der Waals surface area contributed by atoms with Crippen LogP contribution in [0.25, 0.3) is 0 Å². The summed E-state index contributed by atoms with van der Waals surface area (Å²) in [4.78, 5) is 0. The summed E-state index contributed by atoms with van der Waals surface area (Å²) in [7, 11) is 0. The van der Waals surface area contributed by atoms with Crippen molar-refractivity contribution in [1.29, 1.82) is 0 Å². The summed E-state index contributed by atoms with van der Waals surface area (Å²) in [6.07, 6.45) is 16.1. The average molecular weight is 276 g/mol. The molecule has 3 rings (SSSR count). The van der Waals surface area contributed by atoms with Crippen LogP contribution in [0, 0.1) is 17.8 Å². The molecule has 0 aliphatic heterocycles. The lowest BCUT2D eigenvalue weighted by Crippen LogP contribution is -2.32. The summed E-state index contributed by atoms with van der Waals surface area (Å²) >= 11 is 0. The van der Waals surface area contributed by atoms with Gasteiger partial charge in [-0.15, -0.1) is 0 Å². The van der Waals surface area contributed by atoms with Gasteiger partial charge in [0.15, 0.2) is 0 Å².